The molecule has 0 amide bonds. The minimum absolute atomic E-state index is 0.0566. The first kappa shape index (κ1) is 13.1. The van der Waals surface area contributed by atoms with Gasteiger partial charge in [-0.15, -0.1) is 11.3 Å². The van der Waals surface area contributed by atoms with E-state index >= 15 is 0 Å². The number of aliphatic hydroxyl groups excluding tert-OH is 1. The minimum atomic E-state index is -1.15. The van der Waals surface area contributed by atoms with E-state index in [0.29, 0.717) is 0 Å². The van der Waals surface area contributed by atoms with Crippen LogP contribution in [0.25, 0.3) is 0 Å². The lowest BCUT2D eigenvalue weighted by molar-refractivity contribution is 0.144. The number of hydrogen-bond acceptors (Lipinski definition) is 3. The monoisotopic (exact) mass is 269 g/mol. The molecule has 18 heavy (non-hydrogen) atoms. The summed E-state index contributed by atoms with van der Waals surface area (Å²) in [6, 6.07) is 6.69. The fraction of sp³-hybridized carbons (Fsp3) is 0.231. The van der Waals surface area contributed by atoms with Crippen LogP contribution in [0.15, 0.2) is 35.7 Å². The average Bonchev–Trinajstić information content (AvgIpc) is 2.87. The molecule has 0 aliphatic rings. The maximum absolute atomic E-state index is 13.6. The Hall–Kier alpha value is -1.30. The molecule has 2 atom stereocenters. The number of benzene rings is 1. The molecule has 1 aromatic heterocycles. The number of halogens is 2. The lowest BCUT2D eigenvalue weighted by Gasteiger charge is -2.21. The van der Waals surface area contributed by atoms with Crippen LogP contribution in [-0.4, -0.2) is 11.7 Å². The Labute approximate surface area is 108 Å². The van der Waals surface area contributed by atoms with Gasteiger partial charge in [0.05, 0.1) is 6.10 Å². The fourth-order valence-electron chi connectivity index (χ4n) is 1.86. The van der Waals surface area contributed by atoms with Gasteiger partial charge in [-0.25, -0.2) is 8.78 Å². The minimum Gasteiger partial charge on any atom is -0.388 e. The zero-order chi connectivity index (χ0) is 13.1. The molecular formula is C13H13F2NOS. The molecule has 2 aromatic rings. The number of thiophene rings is 1. The molecule has 2 rings (SSSR count). The summed E-state index contributed by atoms with van der Waals surface area (Å²) in [5.74, 6) is -1.63. The van der Waals surface area contributed by atoms with Crippen LogP contribution in [0, 0.1) is 11.6 Å². The highest BCUT2D eigenvalue weighted by Gasteiger charge is 2.25. The van der Waals surface area contributed by atoms with Gasteiger partial charge in [-0.2, -0.15) is 0 Å². The van der Waals surface area contributed by atoms with Crippen LogP contribution >= 0.6 is 11.3 Å². The van der Waals surface area contributed by atoms with Crippen LogP contribution in [-0.2, 0) is 0 Å². The van der Waals surface area contributed by atoms with Crippen molar-refractivity contribution in [3.63, 3.8) is 0 Å². The molecule has 96 valence electrons. The van der Waals surface area contributed by atoms with Gasteiger partial charge in [0, 0.05) is 22.9 Å². The van der Waals surface area contributed by atoms with Gasteiger partial charge in [-0.3, -0.25) is 0 Å². The second-order valence-corrected chi connectivity index (χ2v) is 4.95. The summed E-state index contributed by atoms with van der Waals surface area (Å²) in [5, 5.41) is 12.0. The van der Waals surface area contributed by atoms with Gasteiger partial charge in [0.15, 0.2) is 0 Å². The maximum Gasteiger partial charge on any atom is 0.129 e. The van der Waals surface area contributed by atoms with Crippen LogP contribution in [0.1, 0.15) is 22.5 Å². The molecule has 0 bridgehead atoms. The second kappa shape index (κ2) is 5.56. The summed E-state index contributed by atoms with van der Waals surface area (Å²) >= 11 is 1.43. The van der Waals surface area contributed by atoms with E-state index in [9.17, 15) is 13.9 Å². The van der Waals surface area contributed by atoms with Crippen molar-refractivity contribution in [2.75, 3.05) is 6.54 Å². The Bertz CT molecular complexity index is 516. The van der Waals surface area contributed by atoms with Crippen molar-refractivity contribution >= 4 is 11.3 Å². The maximum atomic E-state index is 13.6. The molecule has 5 heteroatoms. The molecule has 0 aliphatic carbocycles. The first-order valence-electron chi connectivity index (χ1n) is 5.50. The number of rotatable bonds is 4. The van der Waals surface area contributed by atoms with Gasteiger partial charge in [0.2, 0.25) is 0 Å². The van der Waals surface area contributed by atoms with E-state index in [0.717, 1.165) is 23.1 Å². The van der Waals surface area contributed by atoms with Gasteiger partial charge in [-0.1, -0.05) is 6.07 Å². The molecule has 0 fully saturated rings. The second-order valence-electron chi connectivity index (χ2n) is 3.97. The first-order valence-corrected chi connectivity index (χ1v) is 6.38. The van der Waals surface area contributed by atoms with Crippen molar-refractivity contribution in [3.05, 3.63) is 57.8 Å². The number of aliphatic hydroxyl groups is 1. The molecular weight excluding hydrogens is 256 g/mol. The Kier molecular flexibility index (Phi) is 4.06. The quantitative estimate of drug-likeness (QED) is 0.896. The topological polar surface area (TPSA) is 46.2 Å². The highest BCUT2D eigenvalue weighted by molar-refractivity contribution is 7.10. The highest BCUT2D eigenvalue weighted by Crippen LogP contribution is 2.34. The Morgan fingerprint density at radius 1 is 1.28 bits per heavy atom. The van der Waals surface area contributed by atoms with Crippen LogP contribution in [0.3, 0.4) is 0 Å². The highest BCUT2D eigenvalue weighted by atomic mass is 32.1. The van der Waals surface area contributed by atoms with Gasteiger partial charge < -0.3 is 10.8 Å². The van der Waals surface area contributed by atoms with Crippen molar-refractivity contribution in [3.8, 4) is 0 Å². The molecule has 1 heterocycles. The fourth-order valence-corrected chi connectivity index (χ4v) is 2.73. The van der Waals surface area contributed by atoms with Crippen molar-refractivity contribution in [2.45, 2.75) is 12.0 Å². The molecule has 2 unspecified atom stereocenters. The number of hydrogen-bond donors (Lipinski definition) is 2. The van der Waals surface area contributed by atoms with Crippen molar-refractivity contribution in [1.82, 2.24) is 0 Å². The SMILES string of the molecule is NCC(c1cccs1)C(O)c1cc(F)ccc1F. The molecule has 2 nitrogen and oxygen atoms in total. The predicted octanol–water partition coefficient (Wildman–Crippen LogP) is 2.80. The van der Waals surface area contributed by atoms with Gasteiger partial charge in [0.1, 0.15) is 11.6 Å². The van der Waals surface area contributed by atoms with Gasteiger partial charge in [-0.05, 0) is 29.6 Å². The molecule has 0 saturated heterocycles. The summed E-state index contributed by atoms with van der Waals surface area (Å²) < 4.78 is 26.7. The van der Waals surface area contributed by atoms with Crippen molar-refractivity contribution in [1.29, 1.82) is 0 Å². The summed E-state index contributed by atoms with van der Waals surface area (Å²) in [6.07, 6.45) is -1.15. The predicted molar refractivity (Wildman–Crippen MR) is 67.4 cm³/mol. The lowest BCUT2D eigenvalue weighted by Crippen LogP contribution is -2.20. The smallest absolute Gasteiger partial charge is 0.129 e. The molecule has 0 spiro atoms. The number of nitrogens with two attached hydrogens (primary N) is 1. The molecule has 0 aliphatic heterocycles. The van der Waals surface area contributed by atoms with Crippen LogP contribution in [0.4, 0.5) is 8.78 Å². The van der Waals surface area contributed by atoms with Crippen molar-refractivity contribution < 1.29 is 13.9 Å². The molecule has 1 aromatic carbocycles. The van der Waals surface area contributed by atoms with E-state index in [2.05, 4.69) is 0 Å². The molecule has 0 saturated carbocycles. The Morgan fingerprint density at radius 3 is 2.67 bits per heavy atom. The zero-order valence-corrected chi connectivity index (χ0v) is 10.3. The largest absolute Gasteiger partial charge is 0.388 e. The van der Waals surface area contributed by atoms with E-state index in [-0.39, 0.29) is 12.1 Å². The summed E-state index contributed by atoms with van der Waals surface area (Å²) in [6.45, 7) is 0.164. The summed E-state index contributed by atoms with van der Waals surface area (Å²) in [5.41, 5.74) is 5.56. The van der Waals surface area contributed by atoms with E-state index in [1.807, 2.05) is 17.5 Å². The van der Waals surface area contributed by atoms with E-state index in [1.165, 1.54) is 11.3 Å². The van der Waals surface area contributed by atoms with E-state index < -0.39 is 23.7 Å². The molecule has 3 N–H and O–H groups in total. The van der Waals surface area contributed by atoms with Gasteiger partial charge >= 0.3 is 0 Å². The van der Waals surface area contributed by atoms with Crippen LogP contribution in [0.2, 0.25) is 0 Å². The third-order valence-corrected chi connectivity index (χ3v) is 3.82. The van der Waals surface area contributed by atoms with Crippen LogP contribution in [0.5, 0.6) is 0 Å². The lowest BCUT2D eigenvalue weighted by atomic mass is 9.94. The van der Waals surface area contributed by atoms with Crippen molar-refractivity contribution in [2.24, 2.45) is 5.73 Å². The Balaban J connectivity index is 2.34. The van der Waals surface area contributed by atoms with E-state index in [4.69, 9.17) is 5.73 Å². The standard InChI is InChI=1S/C13H13F2NOS/c14-8-3-4-11(15)9(6-8)13(17)10(7-16)12-2-1-5-18-12/h1-6,10,13,17H,7,16H2. The Morgan fingerprint density at radius 2 is 2.06 bits per heavy atom. The summed E-state index contributed by atoms with van der Waals surface area (Å²) in [4.78, 5) is 0.855. The normalized spacial score (nSPS) is 14.4. The van der Waals surface area contributed by atoms with Gasteiger partial charge in [0.25, 0.3) is 0 Å². The first-order chi connectivity index (χ1) is 8.63. The van der Waals surface area contributed by atoms with Crippen LogP contribution < -0.4 is 5.73 Å². The molecule has 0 radical (unpaired) electrons. The average molecular weight is 269 g/mol. The summed E-state index contributed by atoms with van der Waals surface area (Å²) in [7, 11) is 0. The third kappa shape index (κ3) is 2.58. The third-order valence-electron chi connectivity index (χ3n) is 2.82. The zero-order valence-electron chi connectivity index (χ0n) is 9.51. The van der Waals surface area contributed by atoms with E-state index in [1.54, 1.807) is 0 Å².